The molecule has 2 aliphatic rings. The van der Waals surface area contributed by atoms with Crippen molar-refractivity contribution in [2.45, 2.75) is 19.4 Å². The molecule has 0 fully saturated rings. The fourth-order valence-electron chi connectivity index (χ4n) is 2.56. The van der Waals surface area contributed by atoms with Crippen LogP contribution in [0, 0.1) is 0 Å². The largest absolute Gasteiger partial charge is 0.507 e. The van der Waals surface area contributed by atoms with Crippen LogP contribution in [-0.4, -0.2) is 27.7 Å². The highest BCUT2D eigenvalue weighted by Gasteiger charge is 2.32. The lowest BCUT2D eigenvalue weighted by atomic mass is 9.88. The van der Waals surface area contributed by atoms with Crippen LogP contribution in [0.2, 0.25) is 0 Å². The van der Waals surface area contributed by atoms with Crippen LogP contribution in [0.15, 0.2) is 29.9 Å². The number of hydrogen-bond acceptors (Lipinski definition) is 6. The van der Waals surface area contributed by atoms with Gasteiger partial charge in [0, 0.05) is 17.6 Å². The zero-order valence-electron chi connectivity index (χ0n) is 11.6. The number of ether oxygens (including phenoxy) is 1. The quantitative estimate of drug-likeness (QED) is 0.607. The van der Waals surface area contributed by atoms with E-state index in [0.717, 1.165) is 18.2 Å². The van der Waals surface area contributed by atoms with Gasteiger partial charge >= 0.3 is 5.97 Å². The van der Waals surface area contributed by atoms with Crippen molar-refractivity contribution in [3.05, 3.63) is 46.6 Å². The molecule has 1 aromatic carbocycles. The van der Waals surface area contributed by atoms with Gasteiger partial charge in [0.1, 0.15) is 17.6 Å². The minimum atomic E-state index is -0.818. The van der Waals surface area contributed by atoms with E-state index in [2.05, 4.69) is 0 Å². The lowest BCUT2D eigenvalue weighted by Gasteiger charge is -2.24. The van der Waals surface area contributed by atoms with Gasteiger partial charge in [0.25, 0.3) is 0 Å². The Hall–Kier alpha value is -2.89. The van der Waals surface area contributed by atoms with Crippen molar-refractivity contribution >= 4 is 17.5 Å². The molecule has 0 amide bonds. The van der Waals surface area contributed by atoms with Crippen molar-refractivity contribution in [1.29, 1.82) is 0 Å². The second kappa shape index (κ2) is 4.84. The van der Waals surface area contributed by atoms with Gasteiger partial charge in [-0.1, -0.05) is 6.08 Å². The number of rotatable bonds is 1. The molecule has 0 spiro atoms. The van der Waals surface area contributed by atoms with E-state index in [1.165, 1.54) is 0 Å². The molecule has 6 nitrogen and oxygen atoms in total. The van der Waals surface area contributed by atoms with Crippen molar-refractivity contribution in [2.75, 3.05) is 0 Å². The van der Waals surface area contributed by atoms with Crippen molar-refractivity contribution in [2.24, 2.45) is 0 Å². The lowest BCUT2D eigenvalue weighted by Crippen LogP contribution is -2.19. The Bertz CT molecular complexity index is 784. The van der Waals surface area contributed by atoms with Crippen LogP contribution in [0.3, 0.4) is 0 Å². The predicted octanol–water partition coefficient (Wildman–Crippen LogP) is 1.97. The number of hydrogen-bond donors (Lipinski definition) is 2. The number of phenols is 2. The van der Waals surface area contributed by atoms with Gasteiger partial charge in [0.05, 0.1) is 11.1 Å². The molecular weight excluding hydrogens is 288 g/mol. The number of benzene rings is 1. The van der Waals surface area contributed by atoms with E-state index in [4.69, 9.17) is 4.74 Å². The molecule has 0 aromatic heterocycles. The first-order valence-electron chi connectivity index (χ1n) is 6.63. The van der Waals surface area contributed by atoms with Crippen LogP contribution < -0.4 is 0 Å². The number of ketones is 2. The SMILES string of the molecule is CC1=CC[C@@H](c2cc(O)c3c(c2O)C(=O)C=CC3=O)OC1=O. The monoisotopic (exact) mass is 300 g/mol. The molecule has 1 aliphatic heterocycles. The predicted molar refractivity (Wildman–Crippen MR) is 74.8 cm³/mol. The summed E-state index contributed by atoms with van der Waals surface area (Å²) < 4.78 is 5.18. The topological polar surface area (TPSA) is 101 Å². The van der Waals surface area contributed by atoms with Crippen molar-refractivity contribution in [1.82, 2.24) is 0 Å². The first-order chi connectivity index (χ1) is 10.4. The van der Waals surface area contributed by atoms with Crippen LogP contribution >= 0.6 is 0 Å². The second-order valence-electron chi connectivity index (χ2n) is 5.16. The highest BCUT2D eigenvalue weighted by atomic mass is 16.5. The molecule has 0 unspecified atom stereocenters. The van der Waals surface area contributed by atoms with E-state index in [-0.39, 0.29) is 16.7 Å². The number of fused-ring (bicyclic) bond motifs is 1. The molecule has 1 heterocycles. The Morgan fingerprint density at radius 2 is 1.73 bits per heavy atom. The maximum Gasteiger partial charge on any atom is 0.334 e. The van der Waals surface area contributed by atoms with E-state index in [1.807, 2.05) is 0 Å². The molecule has 0 saturated carbocycles. The Balaban J connectivity index is 2.15. The van der Waals surface area contributed by atoms with Crippen LogP contribution in [-0.2, 0) is 9.53 Å². The summed E-state index contributed by atoms with van der Waals surface area (Å²) in [6.07, 6.45) is 3.21. The summed E-state index contributed by atoms with van der Waals surface area (Å²) in [5.41, 5.74) is 0.0596. The molecule has 3 rings (SSSR count). The summed E-state index contributed by atoms with van der Waals surface area (Å²) >= 11 is 0. The van der Waals surface area contributed by atoms with Crippen LogP contribution in [0.4, 0.5) is 0 Å². The molecule has 6 heteroatoms. The molecule has 0 saturated heterocycles. The third-order valence-corrected chi connectivity index (χ3v) is 3.74. The zero-order chi connectivity index (χ0) is 16.0. The molecule has 22 heavy (non-hydrogen) atoms. The summed E-state index contributed by atoms with van der Waals surface area (Å²) in [6, 6.07) is 1.16. The van der Waals surface area contributed by atoms with E-state index in [9.17, 15) is 24.6 Å². The average Bonchev–Trinajstić information content (AvgIpc) is 2.48. The number of cyclic esters (lactones) is 1. The first kappa shape index (κ1) is 14.1. The molecule has 1 atom stereocenters. The molecule has 112 valence electrons. The third-order valence-electron chi connectivity index (χ3n) is 3.74. The maximum atomic E-state index is 11.9. The average molecular weight is 300 g/mol. The van der Waals surface area contributed by atoms with Gasteiger partial charge in [-0.05, 0) is 25.1 Å². The molecule has 0 bridgehead atoms. The fraction of sp³-hybridized carbons (Fsp3) is 0.188. The van der Waals surface area contributed by atoms with E-state index < -0.39 is 35.1 Å². The van der Waals surface area contributed by atoms with Crippen LogP contribution in [0.1, 0.15) is 45.7 Å². The Morgan fingerprint density at radius 1 is 1.09 bits per heavy atom. The molecule has 2 N–H and O–H groups in total. The van der Waals surface area contributed by atoms with Gasteiger partial charge < -0.3 is 14.9 Å². The number of allylic oxidation sites excluding steroid dienone is 2. The van der Waals surface area contributed by atoms with E-state index in [1.54, 1.807) is 13.0 Å². The normalized spacial score (nSPS) is 20.5. The second-order valence-corrected chi connectivity index (χ2v) is 5.16. The van der Waals surface area contributed by atoms with Gasteiger partial charge in [-0.25, -0.2) is 4.79 Å². The molecule has 0 radical (unpaired) electrons. The summed E-state index contributed by atoms with van der Waals surface area (Å²) in [7, 11) is 0. The number of carbonyl (C=O) groups is 3. The van der Waals surface area contributed by atoms with Crippen molar-refractivity contribution in [3.8, 4) is 11.5 Å². The first-order valence-corrected chi connectivity index (χ1v) is 6.63. The number of esters is 1. The Morgan fingerprint density at radius 3 is 2.36 bits per heavy atom. The summed E-state index contributed by atoms with van der Waals surface area (Å²) in [6.45, 7) is 1.61. The van der Waals surface area contributed by atoms with Crippen LogP contribution in [0.25, 0.3) is 0 Å². The lowest BCUT2D eigenvalue weighted by molar-refractivity contribution is -0.145. The molecule has 1 aromatic rings. The molecular formula is C16H12O6. The summed E-state index contributed by atoms with van der Waals surface area (Å²) in [4.78, 5) is 35.3. The number of aromatic hydroxyl groups is 2. The van der Waals surface area contributed by atoms with Crippen molar-refractivity contribution < 1.29 is 29.3 Å². The highest BCUT2D eigenvalue weighted by molar-refractivity contribution is 6.24. The van der Waals surface area contributed by atoms with Crippen molar-refractivity contribution in [3.63, 3.8) is 0 Å². The van der Waals surface area contributed by atoms with Gasteiger partial charge in [0.15, 0.2) is 11.6 Å². The smallest absolute Gasteiger partial charge is 0.334 e. The van der Waals surface area contributed by atoms with Gasteiger partial charge in [-0.2, -0.15) is 0 Å². The Labute approximate surface area is 125 Å². The fourth-order valence-corrected chi connectivity index (χ4v) is 2.56. The zero-order valence-corrected chi connectivity index (χ0v) is 11.6. The van der Waals surface area contributed by atoms with Crippen LogP contribution in [0.5, 0.6) is 11.5 Å². The minimum Gasteiger partial charge on any atom is -0.507 e. The van der Waals surface area contributed by atoms with Gasteiger partial charge in [0.2, 0.25) is 0 Å². The summed E-state index contributed by atoms with van der Waals surface area (Å²) in [5.74, 6) is -2.55. The minimum absolute atomic E-state index is 0.102. The maximum absolute atomic E-state index is 11.9. The summed E-state index contributed by atoms with van der Waals surface area (Å²) in [5, 5.41) is 20.3. The third kappa shape index (κ3) is 2.00. The number of phenolic OH excluding ortho intramolecular Hbond substituents is 2. The van der Waals surface area contributed by atoms with Gasteiger partial charge in [-0.3, -0.25) is 9.59 Å². The van der Waals surface area contributed by atoms with Gasteiger partial charge in [-0.15, -0.1) is 0 Å². The number of carbonyl (C=O) groups excluding carboxylic acids is 3. The van der Waals surface area contributed by atoms with E-state index >= 15 is 0 Å². The standard InChI is InChI=1S/C16H12O6/c1-7-2-5-12(22-16(7)21)8-6-11(19)13-9(17)3-4-10(18)14(13)15(8)20/h2-4,6,12,19-20H,5H2,1H3/t12-/m0/s1. The molecule has 1 aliphatic carbocycles. The highest BCUT2D eigenvalue weighted by Crippen LogP contribution is 2.41. The van der Waals surface area contributed by atoms with E-state index in [0.29, 0.717) is 12.0 Å². The Kier molecular flexibility index (Phi) is 3.09.